The second kappa shape index (κ2) is 3.20. The molecule has 0 saturated heterocycles. The van der Waals surface area contributed by atoms with Gasteiger partial charge in [0.25, 0.3) is 0 Å². The summed E-state index contributed by atoms with van der Waals surface area (Å²) < 4.78 is 0. The van der Waals surface area contributed by atoms with E-state index in [1.165, 1.54) is 12.8 Å². The topological polar surface area (TPSA) is 12.0 Å². The van der Waals surface area contributed by atoms with Crippen LogP contribution in [0.3, 0.4) is 0 Å². The highest BCUT2D eigenvalue weighted by Gasteiger charge is 2.39. The first-order chi connectivity index (χ1) is 4.83. The largest absolute Gasteiger partial charge is 0.313 e. The smallest absolute Gasteiger partial charge is 0.0275 e. The lowest BCUT2D eigenvalue weighted by atomic mass is 10.1. The molecule has 0 radical (unpaired) electrons. The molecule has 1 fully saturated rings. The van der Waals surface area contributed by atoms with Gasteiger partial charge in [-0.15, -0.1) is 6.58 Å². The van der Waals surface area contributed by atoms with Gasteiger partial charge in [0.05, 0.1) is 0 Å². The summed E-state index contributed by atoms with van der Waals surface area (Å²) in [7, 11) is 2.01. The fraction of sp³-hybridized carbons (Fsp3) is 0.778. The van der Waals surface area contributed by atoms with Crippen LogP contribution in [-0.2, 0) is 0 Å². The monoisotopic (exact) mass is 139 g/mol. The van der Waals surface area contributed by atoms with E-state index in [0.29, 0.717) is 6.04 Å². The van der Waals surface area contributed by atoms with Crippen LogP contribution in [0, 0.1) is 11.8 Å². The average molecular weight is 139 g/mol. The minimum Gasteiger partial charge on any atom is -0.313 e. The summed E-state index contributed by atoms with van der Waals surface area (Å²) in [5, 5.41) is 3.26. The van der Waals surface area contributed by atoms with Crippen LogP contribution in [0.15, 0.2) is 12.7 Å². The zero-order valence-electron chi connectivity index (χ0n) is 6.93. The van der Waals surface area contributed by atoms with Crippen LogP contribution in [0.4, 0.5) is 0 Å². The summed E-state index contributed by atoms with van der Waals surface area (Å²) in [6, 6.07) is 0.560. The van der Waals surface area contributed by atoms with Crippen LogP contribution >= 0.6 is 0 Å². The van der Waals surface area contributed by atoms with Gasteiger partial charge in [0.15, 0.2) is 0 Å². The van der Waals surface area contributed by atoms with E-state index in [-0.39, 0.29) is 0 Å². The van der Waals surface area contributed by atoms with Gasteiger partial charge in [0.2, 0.25) is 0 Å². The SMILES string of the molecule is C=CC(NC)[C@@H]1C[C@H]1CC. The van der Waals surface area contributed by atoms with Gasteiger partial charge in [0, 0.05) is 6.04 Å². The van der Waals surface area contributed by atoms with E-state index in [0.717, 1.165) is 11.8 Å². The third-order valence-corrected chi connectivity index (χ3v) is 2.55. The number of likely N-dealkylation sites (N-methyl/N-ethyl adjacent to an activating group) is 1. The maximum Gasteiger partial charge on any atom is 0.0275 e. The van der Waals surface area contributed by atoms with Crippen molar-refractivity contribution in [3.63, 3.8) is 0 Å². The minimum absolute atomic E-state index is 0.560. The summed E-state index contributed by atoms with van der Waals surface area (Å²) in [6.45, 7) is 6.06. The van der Waals surface area contributed by atoms with Crippen molar-refractivity contribution in [2.75, 3.05) is 7.05 Å². The van der Waals surface area contributed by atoms with Crippen molar-refractivity contribution in [3.05, 3.63) is 12.7 Å². The highest BCUT2D eigenvalue weighted by atomic mass is 14.9. The van der Waals surface area contributed by atoms with E-state index in [1.807, 2.05) is 13.1 Å². The number of hydrogen-bond donors (Lipinski definition) is 1. The molecule has 1 aliphatic rings. The Labute approximate surface area is 63.5 Å². The molecule has 1 N–H and O–H groups in total. The highest BCUT2D eigenvalue weighted by Crippen LogP contribution is 2.43. The molecule has 1 aliphatic carbocycles. The van der Waals surface area contributed by atoms with Crippen LogP contribution in [0.25, 0.3) is 0 Å². The van der Waals surface area contributed by atoms with E-state index in [9.17, 15) is 0 Å². The van der Waals surface area contributed by atoms with Crippen molar-refractivity contribution in [1.29, 1.82) is 0 Å². The molecule has 10 heavy (non-hydrogen) atoms. The van der Waals surface area contributed by atoms with E-state index >= 15 is 0 Å². The first-order valence-corrected chi connectivity index (χ1v) is 4.13. The molecule has 1 saturated carbocycles. The van der Waals surface area contributed by atoms with Crippen LogP contribution in [0.1, 0.15) is 19.8 Å². The molecular weight excluding hydrogens is 122 g/mol. The van der Waals surface area contributed by atoms with Crippen molar-refractivity contribution >= 4 is 0 Å². The second-order valence-electron chi connectivity index (χ2n) is 3.12. The van der Waals surface area contributed by atoms with E-state index in [2.05, 4.69) is 18.8 Å². The third-order valence-electron chi connectivity index (χ3n) is 2.55. The van der Waals surface area contributed by atoms with Gasteiger partial charge in [-0.1, -0.05) is 19.4 Å². The Kier molecular flexibility index (Phi) is 2.50. The van der Waals surface area contributed by atoms with Gasteiger partial charge >= 0.3 is 0 Å². The molecule has 58 valence electrons. The van der Waals surface area contributed by atoms with Crippen LogP contribution in [0.2, 0.25) is 0 Å². The molecule has 3 atom stereocenters. The summed E-state index contributed by atoms with van der Waals surface area (Å²) in [5.74, 6) is 1.85. The molecular formula is C9H17N. The molecule has 1 heteroatoms. The van der Waals surface area contributed by atoms with Crippen molar-refractivity contribution in [1.82, 2.24) is 5.32 Å². The number of rotatable bonds is 4. The van der Waals surface area contributed by atoms with Gasteiger partial charge in [0.1, 0.15) is 0 Å². The summed E-state index contributed by atoms with van der Waals surface area (Å²) in [5.41, 5.74) is 0. The van der Waals surface area contributed by atoms with Gasteiger partial charge in [-0.2, -0.15) is 0 Å². The predicted octanol–water partition coefficient (Wildman–Crippen LogP) is 1.81. The lowest BCUT2D eigenvalue weighted by Gasteiger charge is -2.09. The number of nitrogens with one attached hydrogen (secondary N) is 1. The highest BCUT2D eigenvalue weighted by molar-refractivity contribution is 5.01. The van der Waals surface area contributed by atoms with Crippen molar-refractivity contribution in [2.45, 2.75) is 25.8 Å². The van der Waals surface area contributed by atoms with Crippen LogP contribution < -0.4 is 5.32 Å². The zero-order valence-corrected chi connectivity index (χ0v) is 6.93. The standard InChI is InChI=1S/C9H17N/c1-4-7-6-8(7)9(5-2)10-3/h5,7-10H,2,4,6H2,1,3H3/t7-,8-,9?/m1/s1. The molecule has 0 bridgehead atoms. The van der Waals surface area contributed by atoms with E-state index in [1.54, 1.807) is 0 Å². The van der Waals surface area contributed by atoms with Crippen molar-refractivity contribution in [2.24, 2.45) is 11.8 Å². The maximum atomic E-state index is 3.80. The van der Waals surface area contributed by atoms with Crippen LogP contribution in [-0.4, -0.2) is 13.1 Å². The first kappa shape index (κ1) is 7.80. The number of hydrogen-bond acceptors (Lipinski definition) is 1. The Balaban J connectivity index is 2.29. The minimum atomic E-state index is 0.560. The van der Waals surface area contributed by atoms with Gasteiger partial charge in [-0.3, -0.25) is 0 Å². The van der Waals surface area contributed by atoms with Gasteiger partial charge in [-0.25, -0.2) is 0 Å². The normalized spacial score (nSPS) is 33.4. The van der Waals surface area contributed by atoms with Gasteiger partial charge in [-0.05, 0) is 25.3 Å². The van der Waals surface area contributed by atoms with Gasteiger partial charge < -0.3 is 5.32 Å². The molecule has 0 spiro atoms. The third kappa shape index (κ3) is 1.40. The Hall–Kier alpha value is -0.300. The Morgan fingerprint density at radius 1 is 1.80 bits per heavy atom. The summed E-state index contributed by atoms with van der Waals surface area (Å²) in [6.07, 6.45) is 4.76. The fourth-order valence-corrected chi connectivity index (χ4v) is 1.69. The van der Waals surface area contributed by atoms with Crippen LogP contribution in [0.5, 0.6) is 0 Å². The molecule has 0 amide bonds. The lowest BCUT2D eigenvalue weighted by Crippen LogP contribution is -2.25. The second-order valence-corrected chi connectivity index (χ2v) is 3.12. The van der Waals surface area contributed by atoms with Crippen molar-refractivity contribution in [3.8, 4) is 0 Å². The molecule has 0 aromatic rings. The molecule has 1 rings (SSSR count). The zero-order chi connectivity index (χ0) is 7.56. The van der Waals surface area contributed by atoms with Crippen molar-refractivity contribution < 1.29 is 0 Å². The lowest BCUT2D eigenvalue weighted by molar-refractivity contribution is 0.547. The summed E-state index contributed by atoms with van der Waals surface area (Å²) in [4.78, 5) is 0. The average Bonchev–Trinajstić information content (AvgIpc) is 2.70. The Morgan fingerprint density at radius 2 is 2.50 bits per heavy atom. The molecule has 0 aromatic carbocycles. The maximum absolute atomic E-state index is 3.80. The Morgan fingerprint density at radius 3 is 2.80 bits per heavy atom. The van der Waals surface area contributed by atoms with E-state index in [4.69, 9.17) is 0 Å². The summed E-state index contributed by atoms with van der Waals surface area (Å²) >= 11 is 0. The quantitative estimate of drug-likeness (QED) is 0.586. The van der Waals surface area contributed by atoms with E-state index < -0.39 is 0 Å². The molecule has 0 aliphatic heterocycles. The Bertz CT molecular complexity index is 120. The molecule has 0 heterocycles. The fourth-order valence-electron chi connectivity index (χ4n) is 1.69. The molecule has 0 aromatic heterocycles. The first-order valence-electron chi connectivity index (χ1n) is 4.13. The molecule has 1 nitrogen and oxygen atoms in total. The predicted molar refractivity (Wildman–Crippen MR) is 44.9 cm³/mol. The molecule has 1 unspecified atom stereocenters.